The van der Waals surface area contributed by atoms with Crippen molar-refractivity contribution in [2.75, 3.05) is 16.5 Å². The summed E-state index contributed by atoms with van der Waals surface area (Å²) in [5.41, 5.74) is 6.04. The summed E-state index contributed by atoms with van der Waals surface area (Å²) in [7, 11) is 0. The zero-order valence-corrected chi connectivity index (χ0v) is 21.1. The fourth-order valence-electron chi connectivity index (χ4n) is 11.5. The van der Waals surface area contributed by atoms with E-state index in [1.54, 1.807) is 12.8 Å². The summed E-state index contributed by atoms with van der Waals surface area (Å²) in [6, 6.07) is 20.5. The van der Waals surface area contributed by atoms with E-state index in [1.165, 1.54) is 73.9 Å². The Morgan fingerprint density at radius 2 is 0.771 bits per heavy atom. The van der Waals surface area contributed by atoms with Crippen molar-refractivity contribution in [3.63, 3.8) is 0 Å². The molecule has 35 heavy (non-hydrogen) atoms. The third-order valence-electron chi connectivity index (χ3n) is 12.1. The van der Waals surface area contributed by atoms with Gasteiger partial charge in [-0.1, -0.05) is 36.4 Å². The number of hydrogen-bond donors (Lipinski definition) is 0. The molecule has 2 nitrogen and oxygen atoms in total. The van der Waals surface area contributed by atoms with E-state index in [1.807, 2.05) is 0 Å². The van der Waals surface area contributed by atoms with Crippen LogP contribution in [0, 0.1) is 47.3 Å². The second-order valence-corrected chi connectivity index (χ2v) is 14.0. The first-order valence-electron chi connectivity index (χ1n) is 15.0. The zero-order valence-electron chi connectivity index (χ0n) is 21.1. The fraction of sp³-hybridized carbons (Fsp3) is 0.636. The molecule has 2 aromatic rings. The summed E-state index contributed by atoms with van der Waals surface area (Å²) in [6.45, 7) is 1.12. The van der Waals surface area contributed by atoms with Crippen LogP contribution in [0.1, 0.15) is 64.2 Å². The number of nitrogens with zero attached hydrogens (tertiary/aromatic N) is 2. The highest BCUT2D eigenvalue weighted by atomic mass is 15.4. The predicted octanol–water partition coefficient (Wildman–Crippen LogP) is 7.59. The quantitative estimate of drug-likeness (QED) is 0.452. The maximum atomic E-state index is 2.98. The maximum Gasteiger partial charge on any atom is 0.0909 e. The summed E-state index contributed by atoms with van der Waals surface area (Å²) in [5, 5.41) is 0. The largest absolute Gasteiger partial charge is 0.350 e. The van der Waals surface area contributed by atoms with Gasteiger partial charge >= 0.3 is 0 Å². The first-order chi connectivity index (χ1) is 17.3. The molecule has 0 spiro atoms. The van der Waals surface area contributed by atoms with Crippen molar-refractivity contribution in [3.05, 3.63) is 48.5 Å². The second-order valence-electron chi connectivity index (χ2n) is 14.0. The van der Waals surface area contributed by atoms with E-state index in [2.05, 4.69) is 58.3 Å². The van der Waals surface area contributed by atoms with Crippen LogP contribution in [-0.2, 0) is 0 Å². The molecular weight excluding hydrogens is 424 g/mol. The van der Waals surface area contributed by atoms with Crippen molar-refractivity contribution in [2.24, 2.45) is 47.3 Å². The fourth-order valence-corrected chi connectivity index (χ4v) is 11.5. The lowest BCUT2D eigenvalue weighted by Crippen LogP contribution is -2.62. The van der Waals surface area contributed by atoms with Crippen molar-refractivity contribution in [1.82, 2.24) is 0 Å². The molecule has 0 amide bonds. The molecule has 8 aliphatic carbocycles. The van der Waals surface area contributed by atoms with Gasteiger partial charge in [-0.25, -0.2) is 0 Å². The second kappa shape index (κ2) is 7.30. The first-order valence-corrected chi connectivity index (χ1v) is 15.0. The number of hydrogen-bond acceptors (Lipinski definition) is 2. The number of benzene rings is 2. The molecule has 0 unspecified atom stereocenters. The highest BCUT2D eigenvalue weighted by molar-refractivity contribution is 5.89. The molecule has 8 fully saturated rings. The van der Waals surface area contributed by atoms with Crippen LogP contribution >= 0.6 is 0 Å². The molecule has 0 atom stereocenters. The van der Waals surface area contributed by atoms with Crippen LogP contribution in [0.2, 0.25) is 0 Å². The lowest BCUT2D eigenvalue weighted by Gasteiger charge is -2.60. The van der Waals surface area contributed by atoms with Crippen molar-refractivity contribution >= 4 is 11.4 Å². The molecule has 2 aromatic carbocycles. The minimum Gasteiger partial charge on any atom is -0.350 e. The summed E-state index contributed by atoms with van der Waals surface area (Å²) in [4.78, 5) is 5.96. The molecule has 0 radical (unpaired) electrons. The van der Waals surface area contributed by atoms with E-state index < -0.39 is 0 Å². The molecule has 0 N–H and O–H groups in total. The Labute approximate surface area is 211 Å². The molecule has 182 valence electrons. The highest BCUT2D eigenvalue weighted by Gasteiger charge is 2.54. The molecule has 9 aliphatic rings. The third-order valence-corrected chi connectivity index (χ3v) is 12.1. The van der Waals surface area contributed by atoms with Crippen LogP contribution in [0.15, 0.2) is 48.5 Å². The molecule has 8 bridgehead atoms. The molecule has 2 heteroatoms. The van der Waals surface area contributed by atoms with E-state index >= 15 is 0 Å². The standard InChI is InChI=1S/C33H40N2/c1-3-7-30-28(5-1)29-6-2-4-8-31(29)35(33-26-15-22-10-23(17-26)18-27(33)16-22)19-34(30)32-24-11-20-9-21(13-24)14-25(32)12-20/h1-8,20-27,32-33H,9-19H2. The van der Waals surface area contributed by atoms with Gasteiger partial charge in [0.05, 0.1) is 6.67 Å². The Hall–Kier alpha value is -1.96. The van der Waals surface area contributed by atoms with Gasteiger partial charge in [0, 0.05) is 34.6 Å². The number of rotatable bonds is 2. The van der Waals surface area contributed by atoms with Crippen LogP contribution in [0.4, 0.5) is 11.4 Å². The van der Waals surface area contributed by atoms with Gasteiger partial charge in [0.25, 0.3) is 0 Å². The van der Waals surface area contributed by atoms with Crippen LogP contribution < -0.4 is 9.80 Å². The summed E-state index contributed by atoms with van der Waals surface area (Å²) >= 11 is 0. The number of para-hydroxylation sites is 2. The third kappa shape index (κ3) is 2.89. The van der Waals surface area contributed by atoms with Crippen LogP contribution in [0.5, 0.6) is 0 Å². The van der Waals surface area contributed by atoms with E-state index in [0.717, 1.165) is 66.1 Å². The van der Waals surface area contributed by atoms with E-state index in [9.17, 15) is 0 Å². The summed E-state index contributed by atoms with van der Waals surface area (Å²) < 4.78 is 0. The average molecular weight is 465 g/mol. The topological polar surface area (TPSA) is 6.48 Å². The summed E-state index contributed by atoms with van der Waals surface area (Å²) in [5.74, 6) is 7.81. The van der Waals surface area contributed by atoms with Crippen molar-refractivity contribution in [2.45, 2.75) is 76.3 Å². The zero-order chi connectivity index (χ0) is 22.7. The highest BCUT2D eigenvalue weighted by Crippen LogP contribution is 2.59. The SMILES string of the molecule is c1ccc2c(c1)-c1ccccc1N(C1C3CC4CC(C3)CC1C4)CN2C1C2CC3CC(C2)CC1C3. The number of anilines is 2. The van der Waals surface area contributed by atoms with E-state index in [4.69, 9.17) is 0 Å². The molecule has 1 aliphatic heterocycles. The normalized spacial score (nSPS) is 44.3. The minimum absolute atomic E-state index is 0.748. The first kappa shape index (κ1) is 20.1. The molecule has 8 saturated carbocycles. The molecule has 11 rings (SSSR count). The Morgan fingerprint density at radius 3 is 1.14 bits per heavy atom. The average Bonchev–Trinajstić information content (AvgIpc) is 2.99. The lowest BCUT2D eigenvalue weighted by molar-refractivity contribution is -0.0103. The van der Waals surface area contributed by atoms with Crippen LogP contribution in [-0.4, -0.2) is 18.8 Å². The van der Waals surface area contributed by atoms with Gasteiger partial charge < -0.3 is 9.80 Å². The molecule has 1 heterocycles. The Kier molecular flexibility index (Phi) is 4.20. The Balaban J connectivity index is 1.19. The van der Waals surface area contributed by atoms with Crippen molar-refractivity contribution < 1.29 is 0 Å². The van der Waals surface area contributed by atoms with Crippen LogP contribution in [0.25, 0.3) is 11.1 Å². The minimum atomic E-state index is 0.748. The van der Waals surface area contributed by atoms with Gasteiger partial charge in [-0.2, -0.15) is 0 Å². The molecule has 0 saturated heterocycles. The van der Waals surface area contributed by atoms with Gasteiger partial charge in [0.2, 0.25) is 0 Å². The van der Waals surface area contributed by atoms with Crippen molar-refractivity contribution in [3.8, 4) is 11.1 Å². The van der Waals surface area contributed by atoms with Gasteiger partial charge in [-0.3, -0.25) is 0 Å². The maximum absolute atomic E-state index is 2.98. The van der Waals surface area contributed by atoms with Gasteiger partial charge in [-0.15, -0.1) is 0 Å². The summed E-state index contributed by atoms with van der Waals surface area (Å²) in [6.07, 6.45) is 15.1. The van der Waals surface area contributed by atoms with Crippen LogP contribution in [0.3, 0.4) is 0 Å². The predicted molar refractivity (Wildman–Crippen MR) is 143 cm³/mol. The van der Waals surface area contributed by atoms with E-state index in [0.29, 0.717) is 0 Å². The van der Waals surface area contributed by atoms with E-state index in [-0.39, 0.29) is 0 Å². The van der Waals surface area contributed by atoms with Gasteiger partial charge in [0.15, 0.2) is 0 Å². The molecule has 0 aromatic heterocycles. The lowest BCUT2D eigenvalue weighted by atomic mass is 9.53. The van der Waals surface area contributed by atoms with Gasteiger partial charge in [-0.05, 0) is 124 Å². The smallest absolute Gasteiger partial charge is 0.0909 e. The number of fused-ring (bicyclic) bond motifs is 3. The van der Waals surface area contributed by atoms with Gasteiger partial charge in [0.1, 0.15) is 0 Å². The van der Waals surface area contributed by atoms with Crippen molar-refractivity contribution in [1.29, 1.82) is 0 Å². The Morgan fingerprint density at radius 1 is 0.429 bits per heavy atom. The monoisotopic (exact) mass is 464 g/mol. The molecular formula is C33H40N2. The Bertz CT molecular complexity index is 1010.